The molecule has 1 aromatic heterocycles. The van der Waals surface area contributed by atoms with E-state index < -0.39 is 0 Å². The summed E-state index contributed by atoms with van der Waals surface area (Å²) in [5.74, 6) is 1.72. The molecule has 100 valence electrons. The third-order valence-corrected chi connectivity index (χ3v) is 3.19. The normalized spacial score (nSPS) is 12.3. The molecule has 0 spiro atoms. The average molecular weight is 249 g/mol. The zero-order chi connectivity index (χ0) is 13.7. The van der Waals surface area contributed by atoms with Crippen molar-refractivity contribution in [2.24, 2.45) is 11.8 Å². The third kappa shape index (κ3) is 4.02. The van der Waals surface area contributed by atoms with Gasteiger partial charge in [-0.3, -0.25) is 4.79 Å². The third-order valence-electron chi connectivity index (χ3n) is 3.19. The minimum absolute atomic E-state index is 0.0375. The van der Waals surface area contributed by atoms with E-state index in [1.54, 1.807) is 19.2 Å². The molecule has 0 fully saturated rings. The van der Waals surface area contributed by atoms with E-state index >= 15 is 0 Å². The summed E-state index contributed by atoms with van der Waals surface area (Å²) in [6, 6.07) is 3.57. The molecule has 0 aliphatic rings. The fourth-order valence-corrected chi connectivity index (χ4v) is 1.52. The molecule has 1 unspecified atom stereocenters. The molecule has 18 heavy (non-hydrogen) atoms. The van der Waals surface area contributed by atoms with Crippen molar-refractivity contribution in [2.75, 3.05) is 18.9 Å². The molecule has 1 rings (SSSR count). The zero-order valence-electron chi connectivity index (χ0n) is 11.9. The lowest BCUT2D eigenvalue weighted by atomic mass is 9.98. The Morgan fingerprint density at radius 1 is 1.33 bits per heavy atom. The van der Waals surface area contributed by atoms with Gasteiger partial charge in [0.1, 0.15) is 5.82 Å². The first-order valence-electron chi connectivity index (χ1n) is 6.38. The van der Waals surface area contributed by atoms with Gasteiger partial charge in [-0.25, -0.2) is 4.98 Å². The quantitative estimate of drug-likeness (QED) is 0.842. The first kappa shape index (κ1) is 14.5. The minimum atomic E-state index is -0.0375. The molecule has 0 aliphatic carbocycles. The second-order valence-electron chi connectivity index (χ2n) is 5.06. The molecule has 0 aromatic carbocycles. The number of hydrogen-bond acceptors (Lipinski definition) is 3. The van der Waals surface area contributed by atoms with Crippen LogP contribution < -0.4 is 10.6 Å². The maximum Gasteiger partial charge on any atom is 0.251 e. The molecule has 4 heteroatoms. The number of aromatic nitrogens is 1. The summed E-state index contributed by atoms with van der Waals surface area (Å²) in [4.78, 5) is 16.3. The fourth-order valence-electron chi connectivity index (χ4n) is 1.52. The molecule has 1 aromatic rings. The number of aryl methyl sites for hydroxylation is 1. The SMILES string of the molecule is CNc1cc(C(=O)NCC(C)C(C)C)cc(C)n1. The average Bonchev–Trinajstić information content (AvgIpc) is 2.34. The standard InChI is InChI=1S/C14H23N3O/c1-9(2)10(3)8-16-14(18)12-6-11(4)17-13(7-12)15-5/h6-7,9-10H,8H2,1-5H3,(H,15,17)(H,16,18). The predicted molar refractivity (Wildman–Crippen MR) is 74.9 cm³/mol. The molecule has 0 bridgehead atoms. The van der Waals surface area contributed by atoms with Crippen molar-refractivity contribution in [2.45, 2.75) is 27.7 Å². The number of pyridine rings is 1. The Kier molecular flexibility index (Phi) is 5.13. The topological polar surface area (TPSA) is 54.0 Å². The highest BCUT2D eigenvalue weighted by Crippen LogP contribution is 2.11. The lowest BCUT2D eigenvalue weighted by Gasteiger charge is -2.16. The predicted octanol–water partition coefficient (Wildman–Crippen LogP) is 2.45. The summed E-state index contributed by atoms with van der Waals surface area (Å²) >= 11 is 0. The number of carbonyl (C=O) groups is 1. The van der Waals surface area contributed by atoms with E-state index in [-0.39, 0.29) is 5.91 Å². The minimum Gasteiger partial charge on any atom is -0.373 e. The van der Waals surface area contributed by atoms with Crippen LogP contribution in [0.3, 0.4) is 0 Å². The van der Waals surface area contributed by atoms with Gasteiger partial charge in [-0.15, -0.1) is 0 Å². The van der Waals surface area contributed by atoms with E-state index in [9.17, 15) is 4.79 Å². The Labute approximate surface area is 109 Å². The van der Waals surface area contributed by atoms with Crippen LogP contribution in [0.25, 0.3) is 0 Å². The maximum absolute atomic E-state index is 12.0. The Balaban J connectivity index is 2.69. The summed E-state index contributed by atoms with van der Waals surface area (Å²) in [5, 5.41) is 5.92. The van der Waals surface area contributed by atoms with Gasteiger partial charge in [0, 0.05) is 24.8 Å². The van der Waals surface area contributed by atoms with Crippen molar-refractivity contribution in [3.05, 3.63) is 23.4 Å². The number of amides is 1. The Bertz CT molecular complexity index is 416. The van der Waals surface area contributed by atoms with Crippen LogP contribution in [0, 0.1) is 18.8 Å². The van der Waals surface area contributed by atoms with Gasteiger partial charge >= 0.3 is 0 Å². The van der Waals surface area contributed by atoms with E-state index in [4.69, 9.17) is 0 Å². The number of carbonyl (C=O) groups excluding carboxylic acids is 1. The highest BCUT2D eigenvalue weighted by atomic mass is 16.1. The summed E-state index contributed by atoms with van der Waals surface area (Å²) < 4.78 is 0. The van der Waals surface area contributed by atoms with Gasteiger partial charge in [0.15, 0.2) is 0 Å². The smallest absolute Gasteiger partial charge is 0.251 e. The van der Waals surface area contributed by atoms with Crippen molar-refractivity contribution in [1.82, 2.24) is 10.3 Å². The van der Waals surface area contributed by atoms with Crippen molar-refractivity contribution >= 4 is 11.7 Å². The molecular weight excluding hydrogens is 226 g/mol. The molecule has 0 radical (unpaired) electrons. The van der Waals surface area contributed by atoms with Gasteiger partial charge in [0.2, 0.25) is 0 Å². The first-order valence-corrected chi connectivity index (χ1v) is 6.38. The van der Waals surface area contributed by atoms with Crippen LogP contribution in [-0.4, -0.2) is 24.5 Å². The number of rotatable bonds is 5. The number of anilines is 1. The molecule has 1 heterocycles. The van der Waals surface area contributed by atoms with Crippen molar-refractivity contribution in [1.29, 1.82) is 0 Å². The summed E-state index contributed by atoms with van der Waals surface area (Å²) in [5.41, 5.74) is 1.49. The highest BCUT2D eigenvalue weighted by molar-refractivity contribution is 5.94. The van der Waals surface area contributed by atoms with Gasteiger partial charge < -0.3 is 10.6 Å². The van der Waals surface area contributed by atoms with Crippen LogP contribution in [0.4, 0.5) is 5.82 Å². The van der Waals surface area contributed by atoms with E-state index in [0.717, 1.165) is 11.5 Å². The van der Waals surface area contributed by atoms with E-state index in [2.05, 4.69) is 36.4 Å². The monoisotopic (exact) mass is 249 g/mol. The fraction of sp³-hybridized carbons (Fsp3) is 0.571. The van der Waals surface area contributed by atoms with Crippen molar-refractivity contribution in [3.8, 4) is 0 Å². The largest absolute Gasteiger partial charge is 0.373 e. The highest BCUT2D eigenvalue weighted by Gasteiger charge is 2.11. The Hall–Kier alpha value is -1.58. The van der Waals surface area contributed by atoms with Crippen LogP contribution >= 0.6 is 0 Å². The van der Waals surface area contributed by atoms with Crippen LogP contribution in [-0.2, 0) is 0 Å². The summed E-state index contributed by atoms with van der Waals surface area (Å²) in [6.45, 7) is 9.04. The molecule has 1 amide bonds. The second kappa shape index (κ2) is 6.38. The van der Waals surface area contributed by atoms with Crippen LogP contribution in [0.2, 0.25) is 0 Å². The Morgan fingerprint density at radius 2 is 2.00 bits per heavy atom. The lowest BCUT2D eigenvalue weighted by Crippen LogP contribution is -2.30. The van der Waals surface area contributed by atoms with Crippen LogP contribution in [0.15, 0.2) is 12.1 Å². The maximum atomic E-state index is 12.0. The van der Waals surface area contributed by atoms with Crippen LogP contribution in [0.1, 0.15) is 36.8 Å². The van der Waals surface area contributed by atoms with Crippen molar-refractivity contribution in [3.63, 3.8) is 0 Å². The van der Waals surface area contributed by atoms with E-state index in [0.29, 0.717) is 23.9 Å². The molecule has 0 saturated heterocycles. The summed E-state index contributed by atoms with van der Waals surface area (Å²) in [7, 11) is 1.80. The van der Waals surface area contributed by atoms with E-state index in [1.165, 1.54) is 0 Å². The summed E-state index contributed by atoms with van der Waals surface area (Å²) in [6.07, 6.45) is 0. The van der Waals surface area contributed by atoms with E-state index in [1.807, 2.05) is 6.92 Å². The lowest BCUT2D eigenvalue weighted by molar-refractivity contribution is 0.0944. The Morgan fingerprint density at radius 3 is 2.56 bits per heavy atom. The zero-order valence-corrected chi connectivity index (χ0v) is 11.9. The van der Waals surface area contributed by atoms with Crippen LogP contribution in [0.5, 0.6) is 0 Å². The molecular formula is C14H23N3O. The van der Waals surface area contributed by atoms with Gasteiger partial charge in [0.25, 0.3) is 5.91 Å². The number of nitrogens with zero attached hydrogens (tertiary/aromatic N) is 1. The number of hydrogen-bond donors (Lipinski definition) is 2. The molecule has 0 saturated carbocycles. The van der Waals surface area contributed by atoms with Gasteiger partial charge in [-0.05, 0) is 30.9 Å². The first-order chi connectivity index (χ1) is 8.43. The van der Waals surface area contributed by atoms with Gasteiger partial charge in [-0.1, -0.05) is 20.8 Å². The molecule has 4 nitrogen and oxygen atoms in total. The van der Waals surface area contributed by atoms with Gasteiger partial charge in [0.05, 0.1) is 0 Å². The van der Waals surface area contributed by atoms with Gasteiger partial charge in [-0.2, -0.15) is 0 Å². The molecule has 2 N–H and O–H groups in total. The molecule has 1 atom stereocenters. The van der Waals surface area contributed by atoms with Crippen molar-refractivity contribution < 1.29 is 4.79 Å². The second-order valence-corrected chi connectivity index (χ2v) is 5.06. The molecule has 0 aliphatic heterocycles. The number of nitrogens with one attached hydrogen (secondary N) is 2.